The van der Waals surface area contributed by atoms with E-state index in [2.05, 4.69) is 22.3 Å². The lowest BCUT2D eigenvalue weighted by Crippen LogP contribution is -2.29. The first-order valence-corrected chi connectivity index (χ1v) is 6.06. The van der Waals surface area contributed by atoms with Crippen LogP contribution in [0.5, 0.6) is 0 Å². The molecule has 5 heteroatoms. The third kappa shape index (κ3) is 3.02. The van der Waals surface area contributed by atoms with Crippen molar-refractivity contribution < 1.29 is 5.11 Å². The van der Waals surface area contributed by atoms with Crippen molar-refractivity contribution in [1.82, 2.24) is 20.1 Å². The Morgan fingerprint density at radius 1 is 1.62 bits per heavy atom. The van der Waals surface area contributed by atoms with Crippen LogP contribution < -0.4 is 5.32 Å². The number of hydrogen-bond acceptors (Lipinski definition) is 4. The molecule has 5 nitrogen and oxygen atoms in total. The van der Waals surface area contributed by atoms with E-state index < -0.39 is 0 Å². The van der Waals surface area contributed by atoms with Gasteiger partial charge < -0.3 is 10.4 Å². The van der Waals surface area contributed by atoms with E-state index in [1.807, 2.05) is 4.68 Å². The summed E-state index contributed by atoms with van der Waals surface area (Å²) in [6.45, 7) is 4.37. The van der Waals surface area contributed by atoms with Crippen molar-refractivity contribution in [1.29, 1.82) is 0 Å². The molecular formula is C11H20N4O. The van der Waals surface area contributed by atoms with E-state index in [-0.39, 0.29) is 6.10 Å². The third-order valence-corrected chi connectivity index (χ3v) is 2.93. The summed E-state index contributed by atoms with van der Waals surface area (Å²) in [5.41, 5.74) is 0. The first kappa shape index (κ1) is 11.5. The largest absolute Gasteiger partial charge is 0.392 e. The normalized spacial score (nSPS) is 17.6. The van der Waals surface area contributed by atoms with Crippen LogP contribution in [0, 0.1) is 5.92 Å². The smallest absolute Gasteiger partial charge is 0.140 e. The van der Waals surface area contributed by atoms with Crippen LogP contribution in [0.3, 0.4) is 0 Å². The highest BCUT2D eigenvalue weighted by Crippen LogP contribution is 2.32. The van der Waals surface area contributed by atoms with Crippen LogP contribution >= 0.6 is 0 Å². The first-order chi connectivity index (χ1) is 7.81. The highest BCUT2D eigenvalue weighted by Gasteiger charge is 2.29. The molecule has 2 N–H and O–H groups in total. The molecule has 1 aromatic rings. The maximum atomic E-state index is 9.68. The molecule has 1 atom stereocenters. The Labute approximate surface area is 95.9 Å². The van der Waals surface area contributed by atoms with Gasteiger partial charge in [0.1, 0.15) is 12.2 Å². The summed E-state index contributed by atoms with van der Waals surface area (Å²) in [7, 11) is 0. The minimum atomic E-state index is -0.192. The van der Waals surface area contributed by atoms with E-state index in [1.165, 1.54) is 12.8 Å². The zero-order valence-corrected chi connectivity index (χ0v) is 9.76. The van der Waals surface area contributed by atoms with Crippen LogP contribution in [-0.2, 0) is 13.1 Å². The molecule has 2 rings (SSSR count). The van der Waals surface area contributed by atoms with Gasteiger partial charge in [-0.25, -0.2) is 9.67 Å². The minimum absolute atomic E-state index is 0.192. The molecule has 1 aliphatic carbocycles. The van der Waals surface area contributed by atoms with Crippen LogP contribution in [-0.4, -0.2) is 32.5 Å². The van der Waals surface area contributed by atoms with Gasteiger partial charge in [-0.2, -0.15) is 5.10 Å². The molecule has 90 valence electrons. The Morgan fingerprint density at radius 2 is 2.44 bits per heavy atom. The van der Waals surface area contributed by atoms with E-state index in [0.717, 1.165) is 18.8 Å². The number of rotatable bonds is 7. The summed E-state index contributed by atoms with van der Waals surface area (Å²) in [5.74, 6) is 1.48. The van der Waals surface area contributed by atoms with Crippen LogP contribution in [0.2, 0.25) is 0 Å². The summed E-state index contributed by atoms with van der Waals surface area (Å²) in [6, 6.07) is 0. The number of aryl methyl sites for hydroxylation is 1. The molecule has 1 aliphatic rings. The molecule has 0 spiro atoms. The molecule has 0 aromatic carbocycles. The second kappa shape index (κ2) is 5.41. The predicted octanol–water partition coefficient (Wildman–Crippen LogP) is 0.549. The summed E-state index contributed by atoms with van der Waals surface area (Å²) in [4.78, 5) is 4.20. The summed E-state index contributed by atoms with van der Waals surface area (Å²) in [5, 5.41) is 17.1. The summed E-state index contributed by atoms with van der Waals surface area (Å²) < 4.78 is 1.91. The number of aliphatic hydroxyl groups is 1. The first-order valence-electron chi connectivity index (χ1n) is 6.06. The van der Waals surface area contributed by atoms with Crippen molar-refractivity contribution in [3.05, 3.63) is 12.2 Å². The van der Waals surface area contributed by atoms with Crippen molar-refractivity contribution in [3.8, 4) is 0 Å². The molecule has 0 amide bonds. The SMILES string of the molecule is CCCn1ncnc1CNCC(O)C1CC1. The Morgan fingerprint density at radius 3 is 3.12 bits per heavy atom. The van der Waals surface area contributed by atoms with E-state index in [4.69, 9.17) is 0 Å². The minimum Gasteiger partial charge on any atom is -0.392 e. The Balaban J connectivity index is 1.73. The Hall–Kier alpha value is -0.940. The fourth-order valence-electron chi connectivity index (χ4n) is 1.80. The lowest BCUT2D eigenvalue weighted by molar-refractivity contribution is 0.148. The van der Waals surface area contributed by atoms with Crippen molar-refractivity contribution in [2.45, 2.75) is 45.4 Å². The zero-order chi connectivity index (χ0) is 11.4. The molecular weight excluding hydrogens is 204 g/mol. The Bertz CT molecular complexity index is 322. The van der Waals surface area contributed by atoms with Crippen LogP contribution in [0.25, 0.3) is 0 Å². The van der Waals surface area contributed by atoms with Gasteiger partial charge in [-0.05, 0) is 25.2 Å². The third-order valence-electron chi connectivity index (χ3n) is 2.93. The van der Waals surface area contributed by atoms with Gasteiger partial charge in [0.15, 0.2) is 0 Å². The van der Waals surface area contributed by atoms with Crippen LogP contribution in [0.4, 0.5) is 0 Å². The van der Waals surface area contributed by atoms with Gasteiger partial charge in [0.2, 0.25) is 0 Å². The van der Waals surface area contributed by atoms with Gasteiger partial charge in [-0.3, -0.25) is 0 Å². The van der Waals surface area contributed by atoms with E-state index in [0.29, 0.717) is 19.0 Å². The van der Waals surface area contributed by atoms with Crippen LogP contribution in [0.15, 0.2) is 6.33 Å². The van der Waals surface area contributed by atoms with Crippen molar-refractivity contribution in [2.75, 3.05) is 6.54 Å². The molecule has 16 heavy (non-hydrogen) atoms. The van der Waals surface area contributed by atoms with Gasteiger partial charge in [-0.1, -0.05) is 6.92 Å². The zero-order valence-electron chi connectivity index (χ0n) is 9.76. The molecule has 1 aromatic heterocycles. The molecule has 1 heterocycles. The molecule has 0 radical (unpaired) electrons. The molecule has 1 fully saturated rings. The number of aliphatic hydroxyl groups excluding tert-OH is 1. The highest BCUT2D eigenvalue weighted by atomic mass is 16.3. The standard InChI is InChI=1S/C11H20N4O/c1-2-5-15-11(13-8-14-15)7-12-6-10(16)9-3-4-9/h8-10,12,16H,2-7H2,1H3. The topological polar surface area (TPSA) is 63.0 Å². The van der Waals surface area contributed by atoms with Gasteiger partial charge in [-0.15, -0.1) is 0 Å². The second-order valence-corrected chi connectivity index (χ2v) is 4.44. The molecule has 0 saturated heterocycles. The second-order valence-electron chi connectivity index (χ2n) is 4.44. The van der Waals surface area contributed by atoms with Crippen LogP contribution in [0.1, 0.15) is 32.0 Å². The van der Waals surface area contributed by atoms with Gasteiger partial charge >= 0.3 is 0 Å². The van der Waals surface area contributed by atoms with Crippen molar-refractivity contribution in [2.24, 2.45) is 5.92 Å². The number of aromatic nitrogens is 3. The number of nitrogens with zero attached hydrogens (tertiary/aromatic N) is 3. The lowest BCUT2D eigenvalue weighted by Gasteiger charge is -2.10. The Kier molecular flexibility index (Phi) is 3.90. The van der Waals surface area contributed by atoms with Gasteiger partial charge in [0.25, 0.3) is 0 Å². The van der Waals surface area contributed by atoms with Crippen molar-refractivity contribution in [3.63, 3.8) is 0 Å². The highest BCUT2D eigenvalue weighted by molar-refractivity contribution is 4.86. The quantitative estimate of drug-likeness (QED) is 0.710. The average Bonchev–Trinajstić information content (AvgIpc) is 3.03. The molecule has 1 saturated carbocycles. The fourth-order valence-corrected chi connectivity index (χ4v) is 1.80. The summed E-state index contributed by atoms with van der Waals surface area (Å²) >= 11 is 0. The predicted molar refractivity (Wildman–Crippen MR) is 60.8 cm³/mol. The maximum Gasteiger partial charge on any atom is 0.140 e. The van der Waals surface area contributed by atoms with E-state index >= 15 is 0 Å². The maximum absolute atomic E-state index is 9.68. The number of nitrogens with one attached hydrogen (secondary N) is 1. The number of hydrogen-bond donors (Lipinski definition) is 2. The molecule has 0 bridgehead atoms. The molecule has 1 unspecified atom stereocenters. The molecule has 0 aliphatic heterocycles. The summed E-state index contributed by atoms with van der Waals surface area (Å²) in [6.07, 6.45) is 4.80. The lowest BCUT2D eigenvalue weighted by atomic mass is 10.2. The monoisotopic (exact) mass is 224 g/mol. The van der Waals surface area contributed by atoms with E-state index in [1.54, 1.807) is 6.33 Å². The van der Waals surface area contributed by atoms with E-state index in [9.17, 15) is 5.11 Å². The fraction of sp³-hybridized carbons (Fsp3) is 0.818. The van der Waals surface area contributed by atoms with Gasteiger partial charge in [0, 0.05) is 13.1 Å². The van der Waals surface area contributed by atoms with Crippen molar-refractivity contribution >= 4 is 0 Å². The van der Waals surface area contributed by atoms with Gasteiger partial charge in [0.05, 0.1) is 12.6 Å². The average molecular weight is 224 g/mol.